The highest BCUT2D eigenvalue weighted by Crippen LogP contribution is 2.35. The molecule has 1 aromatic rings. The molecule has 3 nitrogen and oxygen atoms in total. The Hall–Kier alpha value is -1.38. The van der Waals surface area contributed by atoms with Crippen molar-refractivity contribution in [3.8, 4) is 0 Å². The molecule has 15 heavy (non-hydrogen) atoms. The summed E-state index contributed by atoms with van der Waals surface area (Å²) in [5.74, 6) is -0.260. The standard InChI is InChI=1S/C12H15NO2/c1-7-5-6-9-10(13-7)12(3,4)8(2)15-11(9)14/h5-6,8H,1-4H3/t8-/m0/s1. The minimum absolute atomic E-state index is 0.133. The maximum absolute atomic E-state index is 11.6. The Bertz CT molecular complexity index is 424. The molecule has 0 saturated heterocycles. The third-order valence-corrected chi connectivity index (χ3v) is 3.16. The molecule has 0 unspecified atom stereocenters. The third-order valence-electron chi connectivity index (χ3n) is 3.16. The lowest BCUT2D eigenvalue weighted by molar-refractivity contribution is 0.00856. The monoisotopic (exact) mass is 205 g/mol. The normalized spacial score (nSPS) is 23.2. The number of cyclic esters (lactones) is 1. The SMILES string of the molecule is Cc1ccc2c(n1)C(C)(C)[C@H](C)OC2=O. The fourth-order valence-electron chi connectivity index (χ4n) is 1.78. The van der Waals surface area contributed by atoms with E-state index in [1.165, 1.54) is 0 Å². The number of carbonyl (C=O) groups excluding carboxylic acids is 1. The fourth-order valence-corrected chi connectivity index (χ4v) is 1.78. The lowest BCUT2D eigenvalue weighted by atomic mass is 9.79. The highest BCUT2D eigenvalue weighted by Gasteiger charge is 2.40. The Morgan fingerprint density at radius 2 is 2.07 bits per heavy atom. The summed E-state index contributed by atoms with van der Waals surface area (Å²) in [6.45, 7) is 7.94. The second-order valence-corrected chi connectivity index (χ2v) is 4.62. The van der Waals surface area contributed by atoms with Crippen molar-refractivity contribution in [2.45, 2.75) is 39.2 Å². The van der Waals surface area contributed by atoms with Crippen LogP contribution in [0.2, 0.25) is 0 Å². The van der Waals surface area contributed by atoms with Crippen LogP contribution in [0, 0.1) is 6.92 Å². The molecule has 1 aromatic heterocycles. The van der Waals surface area contributed by atoms with E-state index in [1.54, 1.807) is 6.07 Å². The van der Waals surface area contributed by atoms with Crippen LogP contribution in [0.25, 0.3) is 0 Å². The van der Waals surface area contributed by atoms with Gasteiger partial charge in [-0.15, -0.1) is 0 Å². The molecule has 0 saturated carbocycles. The number of carbonyl (C=O) groups is 1. The molecule has 1 aliphatic rings. The first-order chi connectivity index (χ1) is 6.93. The largest absolute Gasteiger partial charge is 0.458 e. The Morgan fingerprint density at radius 3 is 2.73 bits per heavy atom. The number of ether oxygens (including phenoxy) is 1. The molecule has 0 amide bonds. The van der Waals surface area contributed by atoms with Gasteiger partial charge in [0.15, 0.2) is 0 Å². The van der Waals surface area contributed by atoms with Crippen LogP contribution in [-0.4, -0.2) is 17.1 Å². The lowest BCUT2D eigenvalue weighted by Gasteiger charge is -2.36. The molecule has 2 heterocycles. The van der Waals surface area contributed by atoms with Gasteiger partial charge in [-0.1, -0.05) is 13.8 Å². The van der Waals surface area contributed by atoms with Crippen molar-refractivity contribution >= 4 is 5.97 Å². The third kappa shape index (κ3) is 1.42. The van der Waals surface area contributed by atoms with Crippen LogP contribution in [-0.2, 0) is 10.2 Å². The summed E-state index contributed by atoms with van der Waals surface area (Å²) in [4.78, 5) is 16.1. The lowest BCUT2D eigenvalue weighted by Crippen LogP contribution is -2.42. The van der Waals surface area contributed by atoms with Crippen molar-refractivity contribution in [2.24, 2.45) is 0 Å². The van der Waals surface area contributed by atoms with Gasteiger partial charge >= 0.3 is 5.97 Å². The van der Waals surface area contributed by atoms with Gasteiger partial charge in [-0.2, -0.15) is 0 Å². The van der Waals surface area contributed by atoms with Crippen molar-refractivity contribution in [1.82, 2.24) is 4.98 Å². The molecule has 0 spiro atoms. The quantitative estimate of drug-likeness (QED) is 0.610. The second kappa shape index (κ2) is 3.05. The second-order valence-electron chi connectivity index (χ2n) is 4.62. The Labute approximate surface area is 89.5 Å². The predicted molar refractivity (Wildman–Crippen MR) is 56.9 cm³/mol. The van der Waals surface area contributed by atoms with Gasteiger partial charge in [0.25, 0.3) is 0 Å². The molecule has 0 aromatic carbocycles. The van der Waals surface area contributed by atoms with Crippen LogP contribution in [0.4, 0.5) is 0 Å². The number of hydrogen-bond donors (Lipinski definition) is 0. The van der Waals surface area contributed by atoms with Crippen LogP contribution in [0.15, 0.2) is 12.1 Å². The maximum atomic E-state index is 11.6. The van der Waals surface area contributed by atoms with E-state index in [-0.39, 0.29) is 17.5 Å². The van der Waals surface area contributed by atoms with E-state index in [2.05, 4.69) is 18.8 Å². The minimum Gasteiger partial charge on any atom is -0.458 e. The van der Waals surface area contributed by atoms with E-state index in [4.69, 9.17) is 4.74 Å². The molecule has 0 aliphatic carbocycles. The zero-order valence-corrected chi connectivity index (χ0v) is 9.50. The molecule has 0 fully saturated rings. The van der Waals surface area contributed by atoms with E-state index in [9.17, 15) is 4.79 Å². The molecule has 80 valence electrons. The minimum atomic E-state index is -0.260. The van der Waals surface area contributed by atoms with Gasteiger partial charge in [-0.3, -0.25) is 4.98 Å². The van der Waals surface area contributed by atoms with Gasteiger partial charge in [0, 0.05) is 11.1 Å². The molecule has 0 N–H and O–H groups in total. The van der Waals surface area contributed by atoms with Gasteiger partial charge in [0.05, 0.1) is 11.3 Å². The van der Waals surface area contributed by atoms with Crippen molar-refractivity contribution in [1.29, 1.82) is 0 Å². The highest BCUT2D eigenvalue weighted by molar-refractivity contribution is 5.92. The topological polar surface area (TPSA) is 39.2 Å². The summed E-state index contributed by atoms with van der Waals surface area (Å²) < 4.78 is 5.29. The number of nitrogens with zero attached hydrogens (tertiary/aromatic N) is 1. The molecule has 1 atom stereocenters. The summed E-state index contributed by atoms with van der Waals surface area (Å²) in [5, 5.41) is 0. The van der Waals surface area contributed by atoms with Crippen LogP contribution in [0.1, 0.15) is 42.5 Å². The van der Waals surface area contributed by atoms with E-state index < -0.39 is 0 Å². The first-order valence-electron chi connectivity index (χ1n) is 5.12. The van der Waals surface area contributed by atoms with Crippen LogP contribution in [0.5, 0.6) is 0 Å². The Balaban J connectivity index is 2.66. The van der Waals surface area contributed by atoms with Crippen molar-refractivity contribution in [3.63, 3.8) is 0 Å². The van der Waals surface area contributed by atoms with Gasteiger partial charge < -0.3 is 4.74 Å². The number of hydrogen-bond acceptors (Lipinski definition) is 3. The zero-order valence-electron chi connectivity index (χ0n) is 9.50. The van der Waals surface area contributed by atoms with Gasteiger partial charge in [0.1, 0.15) is 6.10 Å². The van der Waals surface area contributed by atoms with Gasteiger partial charge in [-0.05, 0) is 26.0 Å². The Kier molecular flexibility index (Phi) is 2.07. The maximum Gasteiger partial charge on any atom is 0.340 e. The van der Waals surface area contributed by atoms with Crippen molar-refractivity contribution in [2.75, 3.05) is 0 Å². The highest BCUT2D eigenvalue weighted by atomic mass is 16.5. The fraction of sp³-hybridized carbons (Fsp3) is 0.500. The number of rotatable bonds is 0. The van der Waals surface area contributed by atoms with Gasteiger partial charge in [0.2, 0.25) is 0 Å². The van der Waals surface area contributed by atoms with Crippen LogP contribution >= 0.6 is 0 Å². The predicted octanol–water partition coefficient (Wildman–Crippen LogP) is 2.23. The van der Waals surface area contributed by atoms with E-state index >= 15 is 0 Å². The van der Waals surface area contributed by atoms with Gasteiger partial charge in [-0.25, -0.2) is 4.79 Å². The van der Waals surface area contributed by atoms with Crippen molar-refractivity contribution < 1.29 is 9.53 Å². The Morgan fingerprint density at radius 1 is 1.40 bits per heavy atom. The summed E-state index contributed by atoms with van der Waals surface area (Å²) in [5.41, 5.74) is 2.17. The average Bonchev–Trinajstić information content (AvgIpc) is 2.15. The molecule has 1 aliphatic heterocycles. The van der Waals surface area contributed by atoms with E-state index in [1.807, 2.05) is 19.9 Å². The molecule has 3 heteroatoms. The van der Waals surface area contributed by atoms with Crippen molar-refractivity contribution in [3.05, 3.63) is 29.1 Å². The first kappa shape index (κ1) is 10.1. The van der Waals surface area contributed by atoms with Crippen LogP contribution < -0.4 is 0 Å². The summed E-state index contributed by atoms with van der Waals surface area (Å²) in [6, 6.07) is 3.64. The molecular formula is C12H15NO2. The number of esters is 1. The number of aromatic nitrogens is 1. The summed E-state index contributed by atoms with van der Waals surface area (Å²) in [7, 11) is 0. The molecule has 0 bridgehead atoms. The smallest absolute Gasteiger partial charge is 0.340 e. The molecule has 2 rings (SSSR count). The molecular weight excluding hydrogens is 190 g/mol. The van der Waals surface area contributed by atoms with E-state index in [0.717, 1.165) is 11.4 Å². The average molecular weight is 205 g/mol. The summed E-state index contributed by atoms with van der Waals surface area (Å²) >= 11 is 0. The first-order valence-corrected chi connectivity index (χ1v) is 5.12. The number of fused-ring (bicyclic) bond motifs is 1. The zero-order chi connectivity index (χ0) is 11.2. The van der Waals surface area contributed by atoms with E-state index in [0.29, 0.717) is 5.56 Å². The van der Waals surface area contributed by atoms with Crippen LogP contribution in [0.3, 0.4) is 0 Å². The number of pyridine rings is 1. The summed E-state index contributed by atoms with van der Waals surface area (Å²) in [6.07, 6.45) is -0.133. The molecule has 0 radical (unpaired) electrons. The number of aryl methyl sites for hydroxylation is 1.